The van der Waals surface area contributed by atoms with Crippen LogP contribution in [0.4, 0.5) is 0 Å². The van der Waals surface area contributed by atoms with Gasteiger partial charge in [0.25, 0.3) is 0 Å². The van der Waals surface area contributed by atoms with Crippen LogP contribution < -0.4 is 9.47 Å². The molecule has 1 atom stereocenters. The van der Waals surface area contributed by atoms with E-state index in [0.29, 0.717) is 0 Å². The van der Waals surface area contributed by atoms with Crippen LogP contribution in [-0.4, -0.2) is 12.8 Å². The van der Waals surface area contributed by atoms with E-state index in [-0.39, 0.29) is 18.9 Å². The molecule has 1 heterocycles. The van der Waals surface area contributed by atoms with Gasteiger partial charge in [0.15, 0.2) is 11.5 Å². The van der Waals surface area contributed by atoms with Gasteiger partial charge in [-0.3, -0.25) is 4.79 Å². The number of hydrogen-bond acceptors (Lipinski definition) is 4. The Morgan fingerprint density at radius 3 is 2.87 bits per heavy atom. The summed E-state index contributed by atoms with van der Waals surface area (Å²) >= 11 is 0. The third-order valence-electron chi connectivity index (χ3n) is 2.69. The van der Waals surface area contributed by atoms with Crippen molar-refractivity contribution in [3.05, 3.63) is 23.3 Å². The van der Waals surface area contributed by atoms with Crippen LogP contribution in [0.2, 0.25) is 0 Å². The second-order valence-corrected chi connectivity index (χ2v) is 3.71. The van der Waals surface area contributed by atoms with E-state index in [1.54, 1.807) is 0 Å². The van der Waals surface area contributed by atoms with Crippen LogP contribution in [0.15, 0.2) is 12.1 Å². The summed E-state index contributed by atoms with van der Waals surface area (Å²) in [7, 11) is 0. The molecule has 1 unspecified atom stereocenters. The summed E-state index contributed by atoms with van der Waals surface area (Å²) in [6, 6.07) is 3.85. The number of esters is 1. The van der Waals surface area contributed by atoms with Gasteiger partial charge in [-0.15, -0.1) is 0 Å². The first-order chi connectivity index (χ1) is 7.24. The second-order valence-electron chi connectivity index (χ2n) is 3.71. The van der Waals surface area contributed by atoms with Gasteiger partial charge >= 0.3 is 5.97 Å². The highest BCUT2D eigenvalue weighted by atomic mass is 16.7. The Bertz CT molecular complexity index is 438. The van der Waals surface area contributed by atoms with Gasteiger partial charge in [-0.2, -0.15) is 0 Å². The molecule has 0 bridgehead atoms. The molecule has 4 heteroatoms. The highest BCUT2D eigenvalue weighted by Crippen LogP contribution is 2.44. The predicted octanol–water partition coefficient (Wildman–Crippen LogP) is 1.58. The number of fused-ring (bicyclic) bond motifs is 2. The van der Waals surface area contributed by atoms with E-state index in [2.05, 4.69) is 0 Å². The summed E-state index contributed by atoms with van der Waals surface area (Å²) in [5.74, 6) is 1.28. The Kier molecular flexibility index (Phi) is 1.65. The smallest absolute Gasteiger partial charge is 0.303 e. The monoisotopic (exact) mass is 206 g/mol. The van der Waals surface area contributed by atoms with E-state index in [9.17, 15) is 4.79 Å². The zero-order valence-electron chi connectivity index (χ0n) is 8.28. The summed E-state index contributed by atoms with van der Waals surface area (Å²) in [5.41, 5.74) is 2.21. The average molecular weight is 206 g/mol. The van der Waals surface area contributed by atoms with Gasteiger partial charge in [-0.25, -0.2) is 0 Å². The molecule has 1 aliphatic heterocycles. The average Bonchev–Trinajstić information content (AvgIpc) is 2.60. The molecule has 2 aliphatic rings. The van der Waals surface area contributed by atoms with Crippen molar-refractivity contribution in [2.75, 3.05) is 6.79 Å². The van der Waals surface area contributed by atoms with Gasteiger partial charge in [-0.1, -0.05) is 0 Å². The van der Waals surface area contributed by atoms with E-state index in [0.717, 1.165) is 23.5 Å². The van der Waals surface area contributed by atoms with Crippen molar-refractivity contribution < 1.29 is 19.0 Å². The first kappa shape index (κ1) is 8.59. The minimum Gasteiger partial charge on any atom is -0.457 e. The number of benzene rings is 1. The lowest BCUT2D eigenvalue weighted by Crippen LogP contribution is -2.21. The SMILES string of the molecule is CC(=O)OC1Cc2cc3c(cc21)OCO3. The van der Waals surface area contributed by atoms with Crippen molar-refractivity contribution >= 4 is 5.97 Å². The summed E-state index contributed by atoms with van der Waals surface area (Å²) in [4.78, 5) is 10.8. The molecule has 15 heavy (non-hydrogen) atoms. The van der Waals surface area contributed by atoms with Crippen LogP contribution in [0.3, 0.4) is 0 Å². The zero-order chi connectivity index (χ0) is 10.4. The molecule has 78 valence electrons. The molecule has 1 aliphatic carbocycles. The van der Waals surface area contributed by atoms with Crippen LogP contribution in [-0.2, 0) is 16.0 Å². The quantitative estimate of drug-likeness (QED) is 0.654. The van der Waals surface area contributed by atoms with Crippen LogP contribution >= 0.6 is 0 Å². The topological polar surface area (TPSA) is 44.8 Å². The maximum atomic E-state index is 10.8. The molecule has 0 fully saturated rings. The van der Waals surface area contributed by atoms with E-state index >= 15 is 0 Å². The van der Waals surface area contributed by atoms with Crippen molar-refractivity contribution in [3.8, 4) is 11.5 Å². The van der Waals surface area contributed by atoms with Gasteiger partial charge < -0.3 is 14.2 Å². The Morgan fingerprint density at radius 2 is 2.13 bits per heavy atom. The molecule has 0 spiro atoms. The molecule has 0 saturated heterocycles. The number of carbonyl (C=O) groups is 1. The molecule has 1 aromatic rings. The summed E-state index contributed by atoms with van der Waals surface area (Å²) in [6.07, 6.45) is 0.665. The van der Waals surface area contributed by atoms with Crippen molar-refractivity contribution in [1.29, 1.82) is 0 Å². The van der Waals surface area contributed by atoms with Gasteiger partial charge in [0, 0.05) is 18.9 Å². The number of carbonyl (C=O) groups excluding carboxylic acids is 1. The lowest BCUT2D eigenvalue weighted by molar-refractivity contribution is -0.147. The normalized spacial score (nSPS) is 20.5. The first-order valence-electron chi connectivity index (χ1n) is 4.83. The third kappa shape index (κ3) is 1.25. The minimum absolute atomic E-state index is 0.105. The van der Waals surface area contributed by atoms with Crippen molar-refractivity contribution in [1.82, 2.24) is 0 Å². The largest absolute Gasteiger partial charge is 0.457 e. The molecule has 1 aromatic carbocycles. The maximum Gasteiger partial charge on any atom is 0.303 e. The third-order valence-corrected chi connectivity index (χ3v) is 2.69. The van der Waals surface area contributed by atoms with Gasteiger partial charge in [0.1, 0.15) is 6.10 Å². The zero-order valence-corrected chi connectivity index (χ0v) is 8.28. The first-order valence-corrected chi connectivity index (χ1v) is 4.83. The lowest BCUT2D eigenvalue weighted by Gasteiger charge is -2.29. The Hall–Kier alpha value is -1.71. The number of rotatable bonds is 1. The summed E-state index contributed by atoms with van der Waals surface area (Å²) < 4.78 is 15.7. The summed E-state index contributed by atoms with van der Waals surface area (Å²) in [6.45, 7) is 1.70. The molecule has 3 rings (SSSR count). The molecule has 0 amide bonds. The fraction of sp³-hybridized carbons (Fsp3) is 0.364. The molecular formula is C11H10O4. The summed E-state index contributed by atoms with van der Waals surface area (Å²) in [5, 5.41) is 0. The fourth-order valence-electron chi connectivity index (χ4n) is 1.96. The molecule has 4 nitrogen and oxygen atoms in total. The van der Waals surface area contributed by atoms with Gasteiger partial charge in [0.05, 0.1) is 0 Å². The molecule has 0 radical (unpaired) electrons. The number of ether oxygens (including phenoxy) is 3. The minimum atomic E-state index is -0.247. The van der Waals surface area contributed by atoms with Crippen molar-refractivity contribution in [3.63, 3.8) is 0 Å². The fourth-order valence-corrected chi connectivity index (χ4v) is 1.96. The van der Waals surface area contributed by atoms with Crippen LogP contribution in [0.1, 0.15) is 24.2 Å². The molecule has 0 N–H and O–H groups in total. The van der Waals surface area contributed by atoms with E-state index < -0.39 is 0 Å². The van der Waals surface area contributed by atoms with E-state index in [1.165, 1.54) is 12.5 Å². The van der Waals surface area contributed by atoms with Crippen LogP contribution in [0.5, 0.6) is 11.5 Å². The molecule has 0 aromatic heterocycles. The Balaban J connectivity index is 1.91. The van der Waals surface area contributed by atoms with Crippen LogP contribution in [0.25, 0.3) is 0 Å². The second kappa shape index (κ2) is 2.89. The van der Waals surface area contributed by atoms with Crippen LogP contribution in [0, 0.1) is 0 Å². The predicted molar refractivity (Wildman–Crippen MR) is 50.8 cm³/mol. The maximum absolute atomic E-state index is 10.8. The lowest BCUT2D eigenvalue weighted by atomic mass is 9.85. The van der Waals surface area contributed by atoms with E-state index in [4.69, 9.17) is 14.2 Å². The Labute approximate surface area is 86.7 Å². The van der Waals surface area contributed by atoms with Gasteiger partial charge in [-0.05, 0) is 17.7 Å². The van der Waals surface area contributed by atoms with Crippen molar-refractivity contribution in [2.45, 2.75) is 19.4 Å². The molecular weight excluding hydrogens is 196 g/mol. The van der Waals surface area contributed by atoms with Gasteiger partial charge in [0.2, 0.25) is 6.79 Å². The Morgan fingerprint density at radius 1 is 1.40 bits per heavy atom. The highest BCUT2D eigenvalue weighted by molar-refractivity contribution is 5.67. The highest BCUT2D eigenvalue weighted by Gasteiger charge is 2.32. The molecule has 0 saturated carbocycles. The standard InChI is InChI=1S/C11H10O4/c1-6(12)15-9-2-7-3-10-11(4-8(7)9)14-5-13-10/h3-4,9H,2,5H2,1H3. The number of hydrogen-bond donors (Lipinski definition) is 0. The van der Waals surface area contributed by atoms with E-state index in [1.807, 2.05) is 12.1 Å². The van der Waals surface area contributed by atoms with Crippen molar-refractivity contribution in [2.24, 2.45) is 0 Å².